The molecule has 2 unspecified atom stereocenters. The maximum absolute atomic E-state index is 5.50. The Kier molecular flexibility index (Phi) is 2.57. The lowest BCUT2D eigenvalue weighted by atomic mass is 10.2. The Labute approximate surface area is 84.7 Å². The molecule has 0 saturated heterocycles. The van der Waals surface area contributed by atoms with Crippen LogP contribution in [0, 0.1) is 11.8 Å². The van der Waals surface area contributed by atoms with Crippen LogP contribution in [0.3, 0.4) is 0 Å². The van der Waals surface area contributed by atoms with Crippen LogP contribution in [-0.4, -0.2) is 11.5 Å². The van der Waals surface area contributed by atoms with E-state index in [1.54, 1.807) is 6.20 Å². The van der Waals surface area contributed by atoms with Gasteiger partial charge in [0.2, 0.25) is 0 Å². The van der Waals surface area contributed by atoms with Crippen molar-refractivity contribution in [1.82, 2.24) is 4.98 Å². The molecule has 1 fully saturated rings. The van der Waals surface area contributed by atoms with Gasteiger partial charge in [-0.3, -0.25) is 0 Å². The van der Waals surface area contributed by atoms with E-state index in [9.17, 15) is 0 Å². The van der Waals surface area contributed by atoms with Crippen LogP contribution < -0.4 is 11.1 Å². The summed E-state index contributed by atoms with van der Waals surface area (Å²) in [6.45, 7) is 3.33. The fourth-order valence-corrected chi connectivity index (χ4v) is 1.82. The van der Waals surface area contributed by atoms with Crippen molar-refractivity contribution >= 4 is 11.5 Å². The first-order valence-corrected chi connectivity index (χ1v) is 5.25. The number of hydrogen-bond donors (Lipinski definition) is 2. The summed E-state index contributed by atoms with van der Waals surface area (Å²) in [4.78, 5) is 4.03. The summed E-state index contributed by atoms with van der Waals surface area (Å²) in [6.07, 6.45) is 4.48. The van der Waals surface area contributed by atoms with Gasteiger partial charge in [0, 0.05) is 6.54 Å². The molecule has 3 nitrogen and oxygen atoms in total. The highest BCUT2D eigenvalue weighted by atomic mass is 14.9. The third kappa shape index (κ3) is 2.16. The molecule has 0 spiro atoms. The topological polar surface area (TPSA) is 50.9 Å². The molecule has 14 heavy (non-hydrogen) atoms. The largest absolute Gasteiger partial charge is 0.384 e. The minimum absolute atomic E-state index is 0.577. The zero-order valence-corrected chi connectivity index (χ0v) is 8.53. The fourth-order valence-electron chi connectivity index (χ4n) is 1.82. The van der Waals surface area contributed by atoms with Gasteiger partial charge in [0.25, 0.3) is 0 Å². The Balaban J connectivity index is 1.78. The molecule has 1 aromatic rings. The van der Waals surface area contributed by atoms with E-state index in [1.165, 1.54) is 12.8 Å². The molecule has 0 radical (unpaired) electrons. The fraction of sp³-hybridized carbons (Fsp3) is 0.545. The second-order valence-electron chi connectivity index (χ2n) is 4.02. The van der Waals surface area contributed by atoms with Crippen LogP contribution in [0.2, 0.25) is 0 Å². The first kappa shape index (κ1) is 9.31. The van der Waals surface area contributed by atoms with Crippen LogP contribution in [0.4, 0.5) is 11.5 Å². The van der Waals surface area contributed by atoms with Crippen LogP contribution in [0.25, 0.3) is 0 Å². The Hall–Kier alpha value is -1.25. The van der Waals surface area contributed by atoms with Crippen LogP contribution in [0.15, 0.2) is 18.3 Å². The zero-order chi connectivity index (χ0) is 9.97. The predicted molar refractivity (Wildman–Crippen MR) is 59.0 cm³/mol. The maximum atomic E-state index is 5.50. The van der Waals surface area contributed by atoms with E-state index >= 15 is 0 Å². The summed E-state index contributed by atoms with van der Waals surface area (Å²) >= 11 is 0. The number of anilines is 2. The second-order valence-corrected chi connectivity index (χ2v) is 4.02. The number of hydrogen-bond acceptors (Lipinski definition) is 3. The normalized spacial score (nSPS) is 24.6. The summed E-state index contributed by atoms with van der Waals surface area (Å²) in [7, 11) is 0. The molecular weight excluding hydrogens is 174 g/mol. The molecule has 2 rings (SSSR count). The highest BCUT2D eigenvalue weighted by molar-refractivity contribution is 5.45. The van der Waals surface area contributed by atoms with Crippen molar-refractivity contribution in [2.24, 2.45) is 11.8 Å². The predicted octanol–water partition coefficient (Wildman–Crippen LogP) is 2.12. The van der Waals surface area contributed by atoms with E-state index < -0.39 is 0 Å². The number of nitrogen functional groups attached to an aromatic ring is 1. The van der Waals surface area contributed by atoms with Crippen molar-refractivity contribution < 1.29 is 0 Å². The molecule has 1 aliphatic carbocycles. The van der Waals surface area contributed by atoms with Gasteiger partial charge in [-0.2, -0.15) is 0 Å². The minimum Gasteiger partial charge on any atom is -0.384 e. The van der Waals surface area contributed by atoms with Crippen molar-refractivity contribution in [3.05, 3.63) is 18.3 Å². The molecule has 0 aromatic carbocycles. The lowest BCUT2D eigenvalue weighted by Gasteiger charge is -2.04. The van der Waals surface area contributed by atoms with Crippen molar-refractivity contribution in [2.75, 3.05) is 17.6 Å². The van der Waals surface area contributed by atoms with Crippen molar-refractivity contribution in [2.45, 2.75) is 19.8 Å². The van der Waals surface area contributed by atoms with E-state index in [-0.39, 0.29) is 0 Å². The van der Waals surface area contributed by atoms with E-state index in [2.05, 4.69) is 17.2 Å². The van der Waals surface area contributed by atoms with Gasteiger partial charge in [0.05, 0.1) is 11.9 Å². The number of nitrogens with two attached hydrogens (primary N) is 1. The second kappa shape index (κ2) is 3.86. The number of nitrogens with one attached hydrogen (secondary N) is 1. The number of nitrogens with zero attached hydrogens (tertiary/aromatic N) is 1. The third-order valence-corrected chi connectivity index (χ3v) is 2.95. The molecule has 1 heterocycles. The van der Waals surface area contributed by atoms with E-state index in [0.717, 1.165) is 24.1 Å². The molecule has 0 aliphatic heterocycles. The summed E-state index contributed by atoms with van der Waals surface area (Å²) in [6, 6.07) is 3.80. The average Bonchev–Trinajstić information content (AvgIpc) is 2.96. The quantitative estimate of drug-likeness (QED) is 0.766. The third-order valence-electron chi connectivity index (χ3n) is 2.95. The summed E-state index contributed by atoms with van der Waals surface area (Å²) < 4.78 is 0. The highest BCUT2D eigenvalue weighted by Gasteiger charge is 2.34. The number of aromatic nitrogens is 1. The van der Waals surface area contributed by atoms with Gasteiger partial charge in [-0.15, -0.1) is 0 Å². The lowest BCUT2D eigenvalue weighted by Crippen LogP contribution is -2.05. The molecule has 1 aliphatic rings. The van der Waals surface area contributed by atoms with Crippen LogP contribution in [-0.2, 0) is 0 Å². The van der Waals surface area contributed by atoms with Gasteiger partial charge in [0.15, 0.2) is 0 Å². The standard InChI is InChI=1S/C11H17N3/c1-2-8-5-9(8)6-13-10-3-4-11(12)14-7-10/h3-4,7-9,13H,2,5-6H2,1H3,(H2,12,14). The highest BCUT2D eigenvalue weighted by Crippen LogP contribution is 2.40. The van der Waals surface area contributed by atoms with E-state index in [1.807, 2.05) is 12.1 Å². The molecule has 0 bridgehead atoms. The molecule has 0 amide bonds. The van der Waals surface area contributed by atoms with E-state index in [4.69, 9.17) is 5.73 Å². The van der Waals surface area contributed by atoms with Gasteiger partial charge in [-0.05, 0) is 30.4 Å². The Morgan fingerprint density at radius 2 is 2.36 bits per heavy atom. The molecular formula is C11H17N3. The van der Waals surface area contributed by atoms with Crippen LogP contribution in [0.1, 0.15) is 19.8 Å². The SMILES string of the molecule is CCC1CC1CNc1ccc(N)nc1. The van der Waals surface area contributed by atoms with Crippen LogP contribution >= 0.6 is 0 Å². The monoisotopic (exact) mass is 191 g/mol. The van der Waals surface area contributed by atoms with Crippen molar-refractivity contribution in [1.29, 1.82) is 0 Å². The van der Waals surface area contributed by atoms with Gasteiger partial charge in [0.1, 0.15) is 5.82 Å². The van der Waals surface area contributed by atoms with Crippen LogP contribution in [0.5, 0.6) is 0 Å². The summed E-state index contributed by atoms with van der Waals surface area (Å²) in [5.41, 5.74) is 6.57. The van der Waals surface area contributed by atoms with Gasteiger partial charge in [-0.1, -0.05) is 13.3 Å². The molecule has 1 aromatic heterocycles. The van der Waals surface area contributed by atoms with E-state index in [0.29, 0.717) is 5.82 Å². The number of rotatable bonds is 4. The molecule has 3 N–H and O–H groups in total. The zero-order valence-electron chi connectivity index (χ0n) is 8.53. The Bertz CT molecular complexity index is 294. The van der Waals surface area contributed by atoms with Crippen molar-refractivity contribution in [3.63, 3.8) is 0 Å². The molecule has 3 heteroatoms. The van der Waals surface area contributed by atoms with Crippen molar-refractivity contribution in [3.8, 4) is 0 Å². The Morgan fingerprint density at radius 3 is 2.93 bits per heavy atom. The van der Waals surface area contributed by atoms with Gasteiger partial charge in [-0.25, -0.2) is 4.98 Å². The Morgan fingerprint density at radius 1 is 1.50 bits per heavy atom. The molecule has 76 valence electrons. The summed E-state index contributed by atoms with van der Waals surface area (Å²) in [5, 5.41) is 3.38. The molecule has 1 saturated carbocycles. The lowest BCUT2D eigenvalue weighted by molar-refractivity contribution is 0.701. The maximum Gasteiger partial charge on any atom is 0.123 e. The smallest absolute Gasteiger partial charge is 0.123 e. The first-order chi connectivity index (χ1) is 6.79. The average molecular weight is 191 g/mol. The first-order valence-electron chi connectivity index (χ1n) is 5.25. The van der Waals surface area contributed by atoms with Gasteiger partial charge >= 0.3 is 0 Å². The van der Waals surface area contributed by atoms with Gasteiger partial charge < -0.3 is 11.1 Å². The molecule has 2 atom stereocenters. The summed E-state index contributed by atoms with van der Waals surface area (Å²) in [5.74, 6) is 2.40. The minimum atomic E-state index is 0.577. The number of pyridine rings is 1.